The predicted molar refractivity (Wildman–Crippen MR) is 78.8 cm³/mol. The molecule has 0 bridgehead atoms. The Kier molecular flexibility index (Phi) is 5.06. The van der Waals surface area contributed by atoms with Crippen LogP contribution in [0.3, 0.4) is 0 Å². The van der Waals surface area contributed by atoms with E-state index in [9.17, 15) is 0 Å². The highest BCUT2D eigenvalue weighted by Gasteiger charge is 2.20. The highest BCUT2D eigenvalue weighted by Crippen LogP contribution is 2.25. The summed E-state index contributed by atoms with van der Waals surface area (Å²) >= 11 is 0. The number of aryl methyl sites for hydroxylation is 1. The fourth-order valence-electron chi connectivity index (χ4n) is 3.09. The zero-order valence-corrected chi connectivity index (χ0v) is 12.6. The summed E-state index contributed by atoms with van der Waals surface area (Å²) in [7, 11) is 0. The van der Waals surface area contributed by atoms with E-state index < -0.39 is 0 Å². The monoisotopic (exact) mass is 264 g/mol. The molecule has 3 heteroatoms. The normalized spacial score (nSPS) is 21.8. The maximum atomic E-state index is 5.80. The Labute approximate surface area is 117 Å². The Morgan fingerprint density at radius 2 is 2.16 bits per heavy atom. The standard InChI is InChI=1S/C16H28N2O/c1-12(2)14-5-4-7-18(8-6-14)11-16-9-15(10-17)13(3)19-16/h9,12,14H,4-8,10-11,17H2,1-3H3. The quantitative estimate of drug-likeness (QED) is 0.907. The highest BCUT2D eigenvalue weighted by atomic mass is 16.3. The van der Waals surface area contributed by atoms with Crippen molar-refractivity contribution in [2.45, 2.75) is 53.1 Å². The van der Waals surface area contributed by atoms with Crippen LogP contribution < -0.4 is 5.73 Å². The summed E-state index contributed by atoms with van der Waals surface area (Å²) < 4.78 is 5.80. The molecule has 0 radical (unpaired) electrons. The van der Waals surface area contributed by atoms with Crippen LogP contribution in [-0.4, -0.2) is 18.0 Å². The Balaban J connectivity index is 1.92. The maximum Gasteiger partial charge on any atom is 0.118 e. The fraction of sp³-hybridized carbons (Fsp3) is 0.750. The van der Waals surface area contributed by atoms with Gasteiger partial charge in [0, 0.05) is 12.1 Å². The van der Waals surface area contributed by atoms with Crippen LogP contribution in [0.1, 0.15) is 50.2 Å². The summed E-state index contributed by atoms with van der Waals surface area (Å²) in [6.07, 6.45) is 4.01. The van der Waals surface area contributed by atoms with Gasteiger partial charge >= 0.3 is 0 Å². The molecule has 108 valence electrons. The van der Waals surface area contributed by atoms with Gasteiger partial charge in [0.25, 0.3) is 0 Å². The van der Waals surface area contributed by atoms with Crippen LogP contribution in [0.25, 0.3) is 0 Å². The first-order valence-electron chi connectivity index (χ1n) is 7.60. The first kappa shape index (κ1) is 14.6. The summed E-state index contributed by atoms with van der Waals surface area (Å²) in [6.45, 7) is 10.6. The van der Waals surface area contributed by atoms with Crippen molar-refractivity contribution in [3.63, 3.8) is 0 Å². The van der Waals surface area contributed by atoms with Crippen LogP contribution in [-0.2, 0) is 13.1 Å². The molecule has 1 aliphatic heterocycles. The fourth-order valence-corrected chi connectivity index (χ4v) is 3.09. The summed E-state index contributed by atoms with van der Waals surface area (Å²) in [5.74, 6) is 3.76. The van der Waals surface area contributed by atoms with Gasteiger partial charge in [-0.25, -0.2) is 0 Å². The number of likely N-dealkylation sites (tertiary alicyclic amines) is 1. The second kappa shape index (κ2) is 6.58. The molecule has 2 heterocycles. The zero-order valence-electron chi connectivity index (χ0n) is 12.6. The van der Waals surface area contributed by atoms with Gasteiger partial charge in [-0.1, -0.05) is 13.8 Å². The Hall–Kier alpha value is -0.800. The van der Waals surface area contributed by atoms with Crippen molar-refractivity contribution in [3.8, 4) is 0 Å². The van der Waals surface area contributed by atoms with E-state index in [0.29, 0.717) is 6.54 Å². The summed E-state index contributed by atoms with van der Waals surface area (Å²) in [5.41, 5.74) is 6.84. The van der Waals surface area contributed by atoms with Crippen LogP contribution >= 0.6 is 0 Å². The van der Waals surface area contributed by atoms with Crippen molar-refractivity contribution in [2.75, 3.05) is 13.1 Å². The van der Waals surface area contributed by atoms with Crippen LogP contribution in [0.2, 0.25) is 0 Å². The molecular formula is C16H28N2O. The topological polar surface area (TPSA) is 42.4 Å². The van der Waals surface area contributed by atoms with Gasteiger partial charge in [-0.2, -0.15) is 0 Å². The average molecular weight is 264 g/mol. The Bertz CT molecular complexity index is 397. The molecule has 1 aliphatic rings. The van der Waals surface area contributed by atoms with Crippen molar-refractivity contribution < 1.29 is 4.42 Å². The van der Waals surface area contributed by atoms with Crippen molar-refractivity contribution >= 4 is 0 Å². The maximum absolute atomic E-state index is 5.80. The van der Waals surface area contributed by atoms with Crippen molar-refractivity contribution in [1.82, 2.24) is 4.90 Å². The summed E-state index contributed by atoms with van der Waals surface area (Å²) in [6, 6.07) is 2.13. The molecule has 0 aliphatic carbocycles. The second-order valence-electron chi connectivity index (χ2n) is 6.21. The van der Waals surface area contributed by atoms with E-state index in [1.807, 2.05) is 6.92 Å². The number of rotatable bonds is 4. The molecule has 1 saturated heterocycles. The lowest BCUT2D eigenvalue weighted by molar-refractivity contribution is 0.243. The van der Waals surface area contributed by atoms with E-state index >= 15 is 0 Å². The molecule has 1 aromatic rings. The highest BCUT2D eigenvalue weighted by molar-refractivity contribution is 5.20. The molecule has 1 fully saturated rings. The molecule has 2 rings (SSSR count). The van der Waals surface area contributed by atoms with Gasteiger partial charge in [0.2, 0.25) is 0 Å². The lowest BCUT2D eigenvalue weighted by atomic mass is 9.89. The van der Waals surface area contributed by atoms with E-state index in [1.165, 1.54) is 32.4 Å². The van der Waals surface area contributed by atoms with Gasteiger partial charge in [0.1, 0.15) is 11.5 Å². The Morgan fingerprint density at radius 1 is 1.37 bits per heavy atom. The van der Waals surface area contributed by atoms with Crippen LogP contribution in [0.15, 0.2) is 10.5 Å². The number of furan rings is 1. The molecular weight excluding hydrogens is 236 g/mol. The van der Waals surface area contributed by atoms with Crippen LogP contribution in [0.4, 0.5) is 0 Å². The van der Waals surface area contributed by atoms with E-state index in [0.717, 1.165) is 35.5 Å². The van der Waals surface area contributed by atoms with Gasteiger partial charge in [0.15, 0.2) is 0 Å². The molecule has 0 aromatic carbocycles. The van der Waals surface area contributed by atoms with Crippen molar-refractivity contribution in [2.24, 2.45) is 17.6 Å². The SMILES string of the molecule is Cc1oc(CN2CCCC(C(C)C)CC2)cc1CN. The van der Waals surface area contributed by atoms with E-state index in [1.54, 1.807) is 0 Å². The van der Waals surface area contributed by atoms with E-state index in [4.69, 9.17) is 10.2 Å². The lowest BCUT2D eigenvalue weighted by Crippen LogP contribution is -2.24. The van der Waals surface area contributed by atoms with Crippen molar-refractivity contribution in [3.05, 3.63) is 23.2 Å². The number of nitrogens with zero attached hydrogens (tertiary/aromatic N) is 1. The van der Waals surface area contributed by atoms with Gasteiger partial charge in [-0.05, 0) is 57.2 Å². The minimum absolute atomic E-state index is 0.574. The molecule has 1 unspecified atom stereocenters. The molecule has 0 spiro atoms. The average Bonchev–Trinajstić information content (AvgIpc) is 2.59. The third kappa shape index (κ3) is 3.83. The second-order valence-corrected chi connectivity index (χ2v) is 6.21. The molecule has 0 amide bonds. The molecule has 1 atom stereocenters. The zero-order chi connectivity index (χ0) is 13.8. The summed E-state index contributed by atoms with van der Waals surface area (Å²) in [4.78, 5) is 2.53. The minimum atomic E-state index is 0.574. The summed E-state index contributed by atoms with van der Waals surface area (Å²) in [5, 5.41) is 0. The molecule has 2 N–H and O–H groups in total. The molecule has 19 heavy (non-hydrogen) atoms. The van der Waals surface area contributed by atoms with Gasteiger partial charge in [-0.15, -0.1) is 0 Å². The number of hydrogen-bond acceptors (Lipinski definition) is 3. The molecule has 0 saturated carbocycles. The first-order valence-corrected chi connectivity index (χ1v) is 7.60. The van der Waals surface area contributed by atoms with Crippen LogP contribution in [0, 0.1) is 18.8 Å². The minimum Gasteiger partial charge on any atom is -0.465 e. The lowest BCUT2D eigenvalue weighted by Gasteiger charge is -2.20. The number of hydrogen-bond donors (Lipinski definition) is 1. The smallest absolute Gasteiger partial charge is 0.118 e. The molecule has 3 nitrogen and oxygen atoms in total. The third-order valence-electron chi connectivity index (χ3n) is 4.48. The van der Waals surface area contributed by atoms with Gasteiger partial charge in [-0.3, -0.25) is 4.90 Å². The number of nitrogens with two attached hydrogens (primary N) is 1. The largest absolute Gasteiger partial charge is 0.465 e. The third-order valence-corrected chi connectivity index (χ3v) is 4.48. The van der Waals surface area contributed by atoms with Crippen molar-refractivity contribution in [1.29, 1.82) is 0 Å². The first-order chi connectivity index (χ1) is 9.10. The Morgan fingerprint density at radius 3 is 2.79 bits per heavy atom. The van der Waals surface area contributed by atoms with Gasteiger partial charge in [0.05, 0.1) is 6.54 Å². The van der Waals surface area contributed by atoms with Gasteiger partial charge < -0.3 is 10.2 Å². The van der Waals surface area contributed by atoms with Crippen LogP contribution in [0.5, 0.6) is 0 Å². The van der Waals surface area contributed by atoms with E-state index in [-0.39, 0.29) is 0 Å². The predicted octanol–water partition coefficient (Wildman–Crippen LogP) is 3.30. The molecule has 1 aromatic heterocycles. The van der Waals surface area contributed by atoms with E-state index in [2.05, 4.69) is 24.8 Å².